The fourth-order valence-electron chi connectivity index (χ4n) is 1.74. The molecule has 1 atom stereocenters. The van der Waals surface area contributed by atoms with Gasteiger partial charge in [0.05, 0.1) is 13.2 Å². The average Bonchev–Trinajstić information content (AvgIpc) is 2.77. The van der Waals surface area contributed by atoms with Crippen molar-refractivity contribution in [2.75, 3.05) is 7.11 Å². The zero-order chi connectivity index (χ0) is 13.1. The van der Waals surface area contributed by atoms with Crippen molar-refractivity contribution in [2.24, 2.45) is 5.84 Å². The summed E-state index contributed by atoms with van der Waals surface area (Å²) in [6.45, 7) is 0. The van der Waals surface area contributed by atoms with E-state index in [2.05, 4.69) is 21.4 Å². The maximum absolute atomic E-state index is 6.04. The monoisotopic (exact) mass is 346 g/mol. The van der Waals surface area contributed by atoms with Crippen LogP contribution in [-0.4, -0.2) is 7.11 Å². The summed E-state index contributed by atoms with van der Waals surface area (Å²) in [5, 5.41) is 2.66. The summed E-state index contributed by atoms with van der Waals surface area (Å²) in [5.41, 5.74) is 3.72. The summed E-state index contributed by atoms with van der Waals surface area (Å²) in [5.74, 6) is 6.42. The second-order valence-electron chi connectivity index (χ2n) is 3.65. The highest BCUT2D eigenvalue weighted by Crippen LogP contribution is 2.35. The zero-order valence-corrected chi connectivity index (χ0v) is 12.8. The van der Waals surface area contributed by atoms with Gasteiger partial charge in [-0.1, -0.05) is 11.6 Å². The molecule has 96 valence electrons. The van der Waals surface area contributed by atoms with Crippen LogP contribution in [0.4, 0.5) is 0 Å². The van der Waals surface area contributed by atoms with Gasteiger partial charge in [0.25, 0.3) is 0 Å². The van der Waals surface area contributed by atoms with Crippen LogP contribution in [0.2, 0.25) is 5.02 Å². The largest absolute Gasteiger partial charge is 0.496 e. The van der Waals surface area contributed by atoms with Crippen molar-refractivity contribution in [1.82, 2.24) is 5.43 Å². The number of rotatable bonds is 4. The minimum atomic E-state index is -0.144. The summed E-state index contributed by atoms with van der Waals surface area (Å²) in [6.07, 6.45) is 0. The topological polar surface area (TPSA) is 47.3 Å². The van der Waals surface area contributed by atoms with E-state index in [-0.39, 0.29) is 6.04 Å². The molecule has 0 bridgehead atoms. The third-order valence-corrected chi connectivity index (χ3v) is 4.54. The van der Waals surface area contributed by atoms with E-state index in [0.29, 0.717) is 5.02 Å². The predicted molar refractivity (Wildman–Crippen MR) is 79.2 cm³/mol. The molecular weight excluding hydrogens is 336 g/mol. The molecule has 6 heteroatoms. The highest BCUT2D eigenvalue weighted by atomic mass is 79.9. The second-order valence-corrected chi connectivity index (χ2v) is 5.95. The first kappa shape index (κ1) is 13.8. The van der Waals surface area contributed by atoms with E-state index in [1.54, 1.807) is 24.5 Å². The van der Waals surface area contributed by atoms with E-state index in [1.165, 1.54) is 0 Å². The van der Waals surface area contributed by atoms with Gasteiger partial charge in [0.1, 0.15) is 5.75 Å². The van der Waals surface area contributed by atoms with Crippen molar-refractivity contribution in [3.8, 4) is 5.75 Å². The Balaban J connectivity index is 2.47. The number of nitrogens with one attached hydrogen (secondary N) is 1. The Labute approximate surface area is 123 Å². The van der Waals surface area contributed by atoms with Crippen LogP contribution in [0, 0.1) is 0 Å². The molecule has 0 amide bonds. The van der Waals surface area contributed by atoms with Gasteiger partial charge in [0.15, 0.2) is 0 Å². The molecule has 3 nitrogen and oxygen atoms in total. The van der Waals surface area contributed by atoms with Crippen molar-refractivity contribution < 1.29 is 4.74 Å². The van der Waals surface area contributed by atoms with Crippen LogP contribution in [0.1, 0.15) is 16.5 Å². The number of methoxy groups -OCH3 is 1. The molecule has 1 unspecified atom stereocenters. The lowest BCUT2D eigenvalue weighted by Gasteiger charge is -2.18. The Kier molecular flexibility index (Phi) is 4.64. The number of hydrogen-bond acceptors (Lipinski definition) is 4. The molecule has 1 heterocycles. The third-order valence-electron chi connectivity index (χ3n) is 2.54. The Morgan fingerprint density at radius 3 is 2.78 bits per heavy atom. The zero-order valence-electron chi connectivity index (χ0n) is 9.61. The van der Waals surface area contributed by atoms with Gasteiger partial charge in [-0.05, 0) is 40.2 Å². The molecule has 2 aromatic rings. The van der Waals surface area contributed by atoms with Crippen molar-refractivity contribution in [3.63, 3.8) is 0 Å². The smallest absolute Gasteiger partial charge is 0.124 e. The fraction of sp³-hybridized carbons (Fsp3) is 0.167. The SMILES string of the molecule is COc1ccc(Cl)cc1C(NN)c1cc(Br)cs1. The average molecular weight is 348 g/mol. The van der Waals surface area contributed by atoms with Crippen molar-refractivity contribution >= 4 is 38.9 Å². The Morgan fingerprint density at radius 2 is 2.22 bits per heavy atom. The van der Waals surface area contributed by atoms with Gasteiger partial charge in [0, 0.05) is 25.3 Å². The number of thiophene rings is 1. The van der Waals surface area contributed by atoms with Gasteiger partial charge in [-0.25, -0.2) is 5.43 Å². The number of nitrogens with two attached hydrogens (primary N) is 1. The number of ether oxygens (including phenoxy) is 1. The van der Waals surface area contributed by atoms with E-state index in [0.717, 1.165) is 20.7 Å². The molecule has 0 spiro atoms. The second kappa shape index (κ2) is 6.04. The van der Waals surface area contributed by atoms with Gasteiger partial charge in [0.2, 0.25) is 0 Å². The van der Waals surface area contributed by atoms with Crippen LogP contribution >= 0.6 is 38.9 Å². The quantitative estimate of drug-likeness (QED) is 0.654. The molecule has 0 aliphatic heterocycles. The van der Waals surface area contributed by atoms with Crippen molar-refractivity contribution in [3.05, 3.63) is 49.6 Å². The maximum Gasteiger partial charge on any atom is 0.124 e. The molecule has 0 aliphatic carbocycles. The number of benzene rings is 1. The van der Waals surface area contributed by atoms with Crippen molar-refractivity contribution in [2.45, 2.75) is 6.04 Å². The third kappa shape index (κ3) is 2.87. The summed E-state index contributed by atoms with van der Waals surface area (Å²) in [4.78, 5) is 1.09. The van der Waals surface area contributed by atoms with Crippen LogP contribution in [0.3, 0.4) is 0 Å². The summed E-state index contributed by atoms with van der Waals surface area (Å²) >= 11 is 11.1. The van der Waals surface area contributed by atoms with E-state index < -0.39 is 0 Å². The van der Waals surface area contributed by atoms with Crippen LogP contribution in [0.5, 0.6) is 5.75 Å². The van der Waals surface area contributed by atoms with E-state index >= 15 is 0 Å². The lowest BCUT2D eigenvalue weighted by atomic mass is 10.0. The first-order valence-corrected chi connectivity index (χ1v) is 7.24. The molecular formula is C12H12BrClN2OS. The molecule has 0 saturated heterocycles. The molecule has 1 aromatic carbocycles. The van der Waals surface area contributed by atoms with Gasteiger partial charge >= 0.3 is 0 Å². The number of hydrazine groups is 1. The minimum absolute atomic E-state index is 0.144. The number of halogens is 2. The lowest BCUT2D eigenvalue weighted by molar-refractivity contribution is 0.404. The summed E-state index contributed by atoms with van der Waals surface area (Å²) < 4.78 is 6.38. The van der Waals surface area contributed by atoms with Crippen LogP contribution < -0.4 is 16.0 Å². The molecule has 2 rings (SSSR count). The van der Waals surface area contributed by atoms with Gasteiger partial charge in [-0.15, -0.1) is 11.3 Å². The lowest BCUT2D eigenvalue weighted by Crippen LogP contribution is -2.28. The first-order chi connectivity index (χ1) is 8.65. The maximum atomic E-state index is 6.04. The Morgan fingerprint density at radius 1 is 1.44 bits per heavy atom. The minimum Gasteiger partial charge on any atom is -0.496 e. The van der Waals surface area contributed by atoms with E-state index in [1.807, 2.05) is 23.6 Å². The molecule has 0 aliphatic rings. The van der Waals surface area contributed by atoms with Crippen LogP contribution in [0.25, 0.3) is 0 Å². The van der Waals surface area contributed by atoms with E-state index in [9.17, 15) is 0 Å². The van der Waals surface area contributed by atoms with Crippen molar-refractivity contribution in [1.29, 1.82) is 0 Å². The Hall–Kier alpha value is -0.590. The molecule has 0 radical (unpaired) electrons. The first-order valence-electron chi connectivity index (χ1n) is 5.19. The fourth-order valence-corrected chi connectivity index (χ4v) is 3.44. The Bertz CT molecular complexity index is 547. The molecule has 0 fully saturated rings. The summed E-state index contributed by atoms with van der Waals surface area (Å²) in [6, 6.07) is 7.37. The molecule has 3 N–H and O–H groups in total. The van der Waals surface area contributed by atoms with Gasteiger partial charge in [-0.2, -0.15) is 0 Å². The van der Waals surface area contributed by atoms with E-state index in [4.69, 9.17) is 22.2 Å². The molecule has 1 aromatic heterocycles. The molecule has 0 saturated carbocycles. The van der Waals surface area contributed by atoms with Gasteiger partial charge < -0.3 is 4.74 Å². The van der Waals surface area contributed by atoms with Crippen LogP contribution in [-0.2, 0) is 0 Å². The normalized spacial score (nSPS) is 12.4. The molecule has 18 heavy (non-hydrogen) atoms. The highest BCUT2D eigenvalue weighted by Gasteiger charge is 2.19. The summed E-state index contributed by atoms with van der Waals surface area (Å²) in [7, 11) is 1.63. The highest BCUT2D eigenvalue weighted by molar-refractivity contribution is 9.10. The van der Waals surface area contributed by atoms with Crippen LogP contribution in [0.15, 0.2) is 34.1 Å². The predicted octanol–water partition coefficient (Wildman–Crippen LogP) is 3.73. The number of hydrogen-bond donors (Lipinski definition) is 2. The van der Waals surface area contributed by atoms with Gasteiger partial charge in [-0.3, -0.25) is 5.84 Å². The standard InChI is InChI=1S/C12H12BrClN2OS/c1-17-10-3-2-8(14)5-9(10)12(16-15)11-4-7(13)6-18-11/h2-6,12,16H,15H2,1H3.